The molecule has 0 aliphatic carbocycles. The molecule has 0 saturated heterocycles. The molecule has 1 amide bonds. The van der Waals surface area contributed by atoms with Gasteiger partial charge >= 0.3 is 0 Å². The summed E-state index contributed by atoms with van der Waals surface area (Å²) in [4.78, 5) is 24.3. The minimum Gasteiger partial charge on any atom is -0.348 e. The van der Waals surface area contributed by atoms with E-state index >= 15 is 0 Å². The highest BCUT2D eigenvalue weighted by molar-refractivity contribution is 7.17. The summed E-state index contributed by atoms with van der Waals surface area (Å²) in [5, 5.41) is 9.37. The van der Waals surface area contributed by atoms with E-state index in [2.05, 4.69) is 10.4 Å². The summed E-state index contributed by atoms with van der Waals surface area (Å²) in [5.74, 6) is -0.236. The Kier molecular flexibility index (Phi) is 4.02. The van der Waals surface area contributed by atoms with Gasteiger partial charge in [-0.1, -0.05) is 30.3 Å². The molecule has 1 N–H and O–H groups in total. The quantitative estimate of drug-likeness (QED) is 0.804. The number of carbonyl (C=O) groups is 1. The average Bonchev–Trinajstić information content (AvgIpc) is 3.00. The fraction of sp³-hybridized carbons (Fsp3) is 0.188. The lowest BCUT2D eigenvalue weighted by Gasteiger charge is -2.14. The summed E-state index contributed by atoms with van der Waals surface area (Å²) in [5.41, 5.74) is 0.783. The maximum Gasteiger partial charge on any atom is 0.275 e. The van der Waals surface area contributed by atoms with Gasteiger partial charge in [-0.25, -0.2) is 4.68 Å². The minimum atomic E-state index is -0.236. The summed E-state index contributed by atoms with van der Waals surface area (Å²) in [6.45, 7) is 1.83. The van der Waals surface area contributed by atoms with E-state index in [1.165, 1.54) is 16.0 Å². The Balaban J connectivity index is 1.73. The molecule has 0 saturated carbocycles. The maximum absolute atomic E-state index is 12.2. The van der Waals surface area contributed by atoms with Crippen LogP contribution in [0.4, 0.5) is 0 Å². The molecule has 0 spiro atoms. The van der Waals surface area contributed by atoms with Gasteiger partial charge in [0.15, 0.2) is 0 Å². The number of thiophene rings is 1. The fourth-order valence-electron chi connectivity index (χ4n) is 2.27. The number of hydrogen-bond donors (Lipinski definition) is 1. The molecule has 2 heterocycles. The zero-order chi connectivity index (χ0) is 15.5. The fourth-order valence-corrected chi connectivity index (χ4v) is 3.01. The monoisotopic (exact) mass is 313 g/mol. The van der Waals surface area contributed by atoms with Crippen LogP contribution in [-0.4, -0.2) is 15.7 Å². The number of aromatic nitrogens is 2. The van der Waals surface area contributed by atoms with Gasteiger partial charge in [0.05, 0.1) is 22.3 Å². The second-order valence-electron chi connectivity index (χ2n) is 5.01. The Morgan fingerprint density at radius 1 is 1.32 bits per heavy atom. The molecule has 5 nitrogen and oxygen atoms in total. The van der Waals surface area contributed by atoms with E-state index in [4.69, 9.17) is 0 Å². The molecule has 2 aromatic heterocycles. The molecule has 22 heavy (non-hydrogen) atoms. The van der Waals surface area contributed by atoms with Crippen LogP contribution < -0.4 is 10.9 Å². The molecule has 0 aliphatic heterocycles. The van der Waals surface area contributed by atoms with Gasteiger partial charge in [-0.2, -0.15) is 5.10 Å². The molecule has 3 aromatic rings. The third-order valence-corrected chi connectivity index (χ3v) is 4.30. The molecular formula is C16H15N3O2S. The second kappa shape index (κ2) is 6.11. The standard InChI is InChI=1S/C16H15N3O2S/c1-11(12-5-3-2-4-6-12)18-15(20)10-19-16(21)13-7-8-22-14(13)9-17-19/h2-9,11H,10H2,1H3,(H,18,20). The lowest BCUT2D eigenvalue weighted by Crippen LogP contribution is -2.34. The zero-order valence-electron chi connectivity index (χ0n) is 12.0. The number of amides is 1. The molecule has 1 aromatic carbocycles. The SMILES string of the molecule is CC(NC(=O)Cn1ncc2sccc2c1=O)c1ccccc1. The molecular weight excluding hydrogens is 298 g/mol. The van der Waals surface area contributed by atoms with Crippen molar-refractivity contribution in [3.05, 3.63) is 63.9 Å². The van der Waals surface area contributed by atoms with Crippen molar-refractivity contribution in [2.75, 3.05) is 0 Å². The molecule has 0 radical (unpaired) electrons. The molecule has 1 unspecified atom stereocenters. The van der Waals surface area contributed by atoms with Crippen molar-refractivity contribution in [1.82, 2.24) is 15.1 Å². The van der Waals surface area contributed by atoms with Gasteiger partial charge in [0.25, 0.3) is 5.56 Å². The summed E-state index contributed by atoms with van der Waals surface area (Å²) in [7, 11) is 0. The van der Waals surface area contributed by atoms with Crippen LogP contribution in [0.1, 0.15) is 18.5 Å². The Hall–Kier alpha value is -2.47. The van der Waals surface area contributed by atoms with Crippen LogP contribution in [0.2, 0.25) is 0 Å². The topological polar surface area (TPSA) is 64.0 Å². The highest BCUT2D eigenvalue weighted by atomic mass is 32.1. The van der Waals surface area contributed by atoms with Crippen molar-refractivity contribution in [2.45, 2.75) is 19.5 Å². The lowest BCUT2D eigenvalue weighted by molar-refractivity contribution is -0.122. The van der Waals surface area contributed by atoms with E-state index in [-0.39, 0.29) is 24.1 Å². The molecule has 0 bridgehead atoms. The molecule has 0 fully saturated rings. The number of nitrogens with zero attached hydrogens (tertiary/aromatic N) is 2. The first-order valence-electron chi connectivity index (χ1n) is 6.93. The van der Waals surface area contributed by atoms with E-state index in [1.54, 1.807) is 12.3 Å². The van der Waals surface area contributed by atoms with Crippen molar-refractivity contribution < 1.29 is 4.79 Å². The Morgan fingerprint density at radius 2 is 2.09 bits per heavy atom. The minimum absolute atomic E-state index is 0.0816. The molecule has 3 rings (SSSR count). The van der Waals surface area contributed by atoms with E-state index in [0.717, 1.165) is 10.3 Å². The van der Waals surface area contributed by atoms with Gasteiger partial charge in [-0.15, -0.1) is 11.3 Å². The number of fused-ring (bicyclic) bond motifs is 1. The Bertz CT molecular complexity index is 854. The highest BCUT2D eigenvalue weighted by Gasteiger charge is 2.12. The zero-order valence-corrected chi connectivity index (χ0v) is 12.8. The molecule has 0 aliphatic rings. The molecule has 6 heteroatoms. The van der Waals surface area contributed by atoms with E-state index in [1.807, 2.05) is 42.6 Å². The number of carbonyl (C=O) groups excluding carboxylic acids is 1. The van der Waals surface area contributed by atoms with Gasteiger partial charge in [-0.3, -0.25) is 9.59 Å². The van der Waals surface area contributed by atoms with Gasteiger partial charge in [0.2, 0.25) is 5.91 Å². The summed E-state index contributed by atoms with van der Waals surface area (Å²) in [6.07, 6.45) is 1.62. The summed E-state index contributed by atoms with van der Waals surface area (Å²) >= 11 is 1.46. The number of hydrogen-bond acceptors (Lipinski definition) is 4. The van der Waals surface area contributed by atoms with E-state index in [9.17, 15) is 9.59 Å². The first-order chi connectivity index (χ1) is 10.6. The number of rotatable bonds is 4. The van der Waals surface area contributed by atoms with Crippen LogP contribution >= 0.6 is 11.3 Å². The van der Waals surface area contributed by atoms with Crippen LogP contribution in [0.15, 0.2) is 52.8 Å². The maximum atomic E-state index is 12.2. The van der Waals surface area contributed by atoms with E-state index in [0.29, 0.717) is 5.39 Å². The van der Waals surface area contributed by atoms with Gasteiger partial charge in [0.1, 0.15) is 6.54 Å². The Morgan fingerprint density at radius 3 is 2.86 bits per heavy atom. The summed E-state index contributed by atoms with van der Waals surface area (Å²) < 4.78 is 2.03. The second-order valence-corrected chi connectivity index (χ2v) is 5.95. The first kappa shape index (κ1) is 14.5. The normalized spacial score (nSPS) is 12.2. The smallest absolute Gasteiger partial charge is 0.275 e. The molecule has 1 atom stereocenters. The van der Waals surface area contributed by atoms with Crippen LogP contribution in [0.5, 0.6) is 0 Å². The number of benzene rings is 1. The molecule has 112 valence electrons. The number of nitrogens with one attached hydrogen (secondary N) is 1. The van der Waals surface area contributed by atoms with Crippen molar-refractivity contribution in [1.29, 1.82) is 0 Å². The van der Waals surface area contributed by atoms with Crippen molar-refractivity contribution in [2.24, 2.45) is 0 Å². The third kappa shape index (κ3) is 2.92. The lowest BCUT2D eigenvalue weighted by atomic mass is 10.1. The predicted octanol–water partition coefficient (Wildman–Crippen LogP) is 2.34. The van der Waals surface area contributed by atoms with Crippen LogP contribution in [-0.2, 0) is 11.3 Å². The first-order valence-corrected chi connectivity index (χ1v) is 7.81. The largest absolute Gasteiger partial charge is 0.348 e. The predicted molar refractivity (Wildman–Crippen MR) is 86.9 cm³/mol. The van der Waals surface area contributed by atoms with Crippen LogP contribution in [0.3, 0.4) is 0 Å². The van der Waals surface area contributed by atoms with Gasteiger partial charge in [-0.05, 0) is 23.9 Å². The van der Waals surface area contributed by atoms with E-state index < -0.39 is 0 Å². The Labute approximate surface area is 131 Å². The highest BCUT2D eigenvalue weighted by Crippen LogP contribution is 2.15. The van der Waals surface area contributed by atoms with Crippen LogP contribution in [0.25, 0.3) is 10.1 Å². The van der Waals surface area contributed by atoms with Crippen LogP contribution in [0, 0.1) is 0 Å². The van der Waals surface area contributed by atoms with Crippen molar-refractivity contribution in [3.8, 4) is 0 Å². The van der Waals surface area contributed by atoms with Gasteiger partial charge in [0, 0.05) is 0 Å². The van der Waals surface area contributed by atoms with Crippen molar-refractivity contribution >= 4 is 27.3 Å². The third-order valence-electron chi connectivity index (χ3n) is 3.44. The van der Waals surface area contributed by atoms with Gasteiger partial charge < -0.3 is 5.32 Å². The average molecular weight is 313 g/mol. The summed E-state index contributed by atoms with van der Waals surface area (Å²) in [6, 6.07) is 11.3. The van der Waals surface area contributed by atoms with Crippen molar-refractivity contribution in [3.63, 3.8) is 0 Å².